The monoisotopic (exact) mass is 822 g/mol. The van der Waals surface area contributed by atoms with Crippen LogP contribution >= 0.6 is 39.0 Å². The van der Waals surface area contributed by atoms with Gasteiger partial charge in [-0.05, 0) is 31.9 Å². The molecule has 13 nitrogen and oxygen atoms in total. The lowest BCUT2D eigenvalue weighted by Gasteiger charge is -2.25. The van der Waals surface area contributed by atoms with Gasteiger partial charge in [0.2, 0.25) is 0 Å². The molecule has 0 aliphatic carbocycles. The Morgan fingerprint density at radius 3 is 2.17 bits per heavy atom. The van der Waals surface area contributed by atoms with Gasteiger partial charge in [-0.2, -0.15) is 16.1 Å². The Morgan fingerprint density at radius 1 is 0.962 bits per heavy atom. The molecule has 52 heavy (non-hydrogen) atoms. The van der Waals surface area contributed by atoms with Gasteiger partial charge in [-0.25, -0.2) is 23.2 Å². The minimum Gasteiger partial charge on any atom is -0.349 e. The standard InChI is InChI=1S/C34H62ClFN2O11P2S/c1-5-8-10-12-13-14-15-16-18-20-23-52-31(21-19-17-11-9-6-2)27(4)47-48-50(41,42)49-51(43,44-22-7-3)45-26-30-29(36)24-32(46-30)38-25-28(35)33(39)37-34(38)40/h25,27,29-32H,5-24,26H2,1-4H3,(H,41,42)(H,37,39,40)/t27?,29-,30+,31?,32+,51?/m0/s1. The van der Waals surface area contributed by atoms with Crippen molar-refractivity contribution in [3.63, 3.8) is 0 Å². The normalized spacial score (nSPS) is 21.2. The maximum Gasteiger partial charge on any atom is 0.508 e. The molecule has 0 aromatic carbocycles. The Kier molecular flexibility index (Phi) is 24.1. The third-order valence-corrected chi connectivity index (χ3v) is 13.4. The molecule has 4 unspecified atom stereocenters. The summed E-state index contributed by atoms with van der Waals surface area (Å²) >= 11 is 7.56. The summed E-state index contributed by atoms with van der Waals surface area (Å²) in [5.41, 5.74) is -1.67. The predicted molar refractivity (Wildman–Crippen MR) is 204 cm³/mol. The molecular formula is C34H62ClFN2O11P2S. The van der Waals surface area contributed by atoms with E-state index in [-0.39, 0.29) is 23.3 Å². The molecule has 0 bridgehead atoms. The maximum absolute atomic E-state index is 14.9. The number of rotatable bonds is 31. The summed E-state index contributed by atoms with van der Waals surface area (Å²) in [5, 5.41) is -0.316. The van der Waals surface area contributed by atoms with Crippen LogP contribution < -0.4 is 11.2 Å². The summed E-state index contributed by atoms with van der Waals surface area (Å²) in [6.07, 6.45) is 15.1. The van der Waals surface area contributed by atoms with E-state index in [9.17, 15) is 28.0 Å². The van der Waals surface area contributed by atoms with Crippen LogP contribution in [0.4, 0.5) is 4.39 Å². The van der Waals surface area contributed by atoms with E-state index >= 15 is 0 Å². The average Bonchev–Trinajstić information content (AvgIpc) is 3.47. The van der Waals surface area contributed by atoms with Gasteiger partial charge in [0.15, 0.2) is 0 Å². The molecule has 304 valence electrons. The topological polar surface area (TPSA) is 165 Å². The van der Waals surface area contributed by atoms with Crippen LogP contribution in [0.15, 0.2) is 15.8 Å². The maximum atomic E-state index is 14.9. The number of hydrogen-bond acceptors (Lipinski definition) is 11. The Morgan fingerprint density at radius 2 is 1.56 bits per heavy atom. The van der Waals surface area contributed by atoms with Crippen molar-refractivity contribution in [3.05, 3.63) is 32.1 Å². The summed E-state index contributed by atoms with van der Waals surface area (Å²) in [6, 6.07) is 0. The van der Waals surface area contributed by atoms with Gasteiger partial charge in [0.05, 0.1) is 13.2 Å². The van der Waals surface area contributed by atoms with Crippen molar-refractivity contribution in [3.8, 4) is 0 Å². The molecule has 7 atom stereocenters. The molecular weight excluding hydrogens is 761 g/mol. The zero-order valence-electron chi connectivity index (χ0n) is 31.3. The minimum atomic E-state index is -5.17. The van der Waals surface area contributed by atoms with Crippen LogP contribution in [0.2, 0.25) is 5.02 Å². The Balaban J connectivity index is 1.92. The first kappa shape index (κ1) is 47.6. The third-order valence-electron chi connectivity index (χ3n) is 8.68. The smallest absolute Gasteiger partial charge is 0.349 e. The highest BCUT2D eigenvalue weighted by molar-refractivity contribution is 7.99. The number of nitrogens with zero attached hydrogens (tertiary/aromatic N) is 1. The van der Waals surface area contributed by atoms with Crippen molar-refractivity contribution in [2.24, 2.45) is 0 Å². The van der Waals surface area contributed by atoms with Crippen molar-refractivity contribution in [2.45, 2.75) is 173 Å². The summed E-state index contributed by atoms with van der Waals surface area (Å²) in [6.45, 7) is 6.95. The van der Waals surface area contributed by atoms with E-state index in [1.165, 1.54) is 57.8 Å². The molecule has 1 fully saturated rings. The van der Waals surface area contributed by atoms with Gasteiger partial charge < -0.3 is 9.63 Å². The number of hydrogen-bond donors (Lipinski definition) is 2. The zero-order valence-corrected chi connectivity index (χ0v) is 34.7. The number of aromatic nitrogens is 2. The highest BCUT2D eigenvalue weighted by Gasteiger charge is 2.43. The molecule has 0 amide bonds. The van der Waals surface area contributed by atoms with Crippen molar-refractivity contribution >= 4 is 39.0 Å². The molecule has 1 aliphatic rings. The van der Waals surface area contributed by atoms with E-state index in [1.54, 1.807) is 25.6 Å². The number of phosphoric ester groups is 1. The van der Waals surface area contributed by atoms with Crippen LogP contribution in [0.5, 0.6) is 0 Å². The molecule has 2 rings (SSSR count). The lowest BCUT2D eigenvalue weighted by molar-refractivity contribution is -0.252. The number of aromatic amines is 1. The molecule has 1 aromatic rings. The van der Waals surface area contributed by atoms with Crippen LogP contribution in [0, 0.1) is 0 Å². The highest BCUT2D eigenvalue weighted by Crippen LogP contribution is 2.64. The molecule has 0 radical (unpaired) electrons. The molecule has 2 heterocycles. The molecule has 0 spiro atoms. The van der Waals surface area contributed by atoms with Crippen molar-refractivity contribution < 1.29 is 46.1 Å². The fraction of sp³-hybridized carbons (Fsp3) is 0.882. The van der Waals surface area contributed by atoms with E-state index in [4.69, 9.17) is 39.3 Å². The van der Waals surface area contributed by atoms with Gasteiger partial charge in [0.25, 0.3) is 5.56 Å². The third kappa shape index (κ3) is 18.8. The number of ether oxygens (including phenoxy) is 1. The first-order valence-electron chi connectivity index (χ1n) is 19.0. The lowest BCUT2D eigenvalue weighted by atomic mass is 10.1. The number of nitrogens with one attached hydrogen (secondary N) is 1. The summed E-state index contributed by atoms with van der Waals surface area (Å²) in [5.74, 6) is 0.925. The number of H-pyrrole nitrogens is 1. The first-order valence-corrected chi connectivity index (χ1v) is 23.4. The van der Waals surface area contributed by atoms with Crippen molar-refractivity contribution in [1.82, 2.24) is 9.55 Å². The number of thioether (sulfide) groups is 1. The molecule has 18 heteroatoms. The molecule has 1 aromatic heterocycles. The van der Waals surface area contributed by atoms with E-state index < -0.39 is 58.1 Å². The Labute approximate surface area is 317 Å². The van der Waals surface area contributed by atoms with Crippen LogP contribution in [0.25, 0.3) is 0 Å². The average molecular weight is 823 g/mol. The van der Waals surface area contributed by atoms with Gasteiger partial charge in [0, 0.05) is 17.9 Å². The number of unbranched alkanes of at least 4 members (excludes halogenated alkanes) is 13. The fourth-order valence-corrected chi connectivity index (χ4v) is 9.72. The fourth-order valence-electron chi connectivity index (χ4n) is 5.69. The van der Waals surface area contributed by atoms with Gasteiger partial charge >= 0.3 is 21.3 Å². The Bertz CT molecular complexity index is 1340. The van der Waals surface area contributed by atoms with Crippen molar-refractivity contribution in [2.75, 3.05) is 19.0 Å². The summed E-state index contributed by atoms with van der Waals surface area (Å²) in [7, 11) is -9.98. The number of alkyl halides is 1. The number of halogens is 2. The first-order chi connectivity index (χ1) is 24.8. The number of phosphoric acid groups is 2. The minimum absolute atomic E-state index is 0.0154. The second-order valence-electron chi connectivity index (χ2n) is 13.3. The van der Waals surface area contributed by atoms with Gasteiger partial charge in [-0.3, -0.25) is 23.4 Å². The SMILES string of the molecule is CCCCCCCCCCCCSC(CCCCCCC)C(C)OOP(=O)(O)OP(=O)(OCCC)OC[C@H]1O[C@@H](n2cc(Cl)c(=O)[nH]c2=O)C[C@@H]1F. The summed E-state index contributed by atoms with van der Waals surface area (Å²) in [4.78, 5) is 41.7. The van der Waals surface area contributed by atoms with Crippen molar-refractivity contribution in [1.29, 1.82) is 0 Å². The van der Waals surface area contributed by atoms with E-state index in [0.717, 1.165) is 61.5 Å². The second-order valence-corrected chi connectivity index (χ2v) is 18.2. The summed E-state index contributed by atoms with van der Waals surface area (Å²) < 4.78 is 68.0. The predicted octanol–water partition coefficient (Wildman–Crippen LogP) is 10.2. The van der Waals surface area contributed by atoms with E-state index in [2.05, 4.69) is 13.8 Å². The van der Waals surface area contributed by atoms with E-state index in [1.807, 2.05) is 4.98 Å². The van der Waals surface area contributed by atoms with Gasteiger partial charge in [0.1, 0.15) is 29.6 Å². The van der Waals surface area contributed by atoms with E-state index in [0.29, 0.717) is 6.42 Å². The Hall–Kier alpha value is -0.570. The second kappa shape index (κ2) is 26.3. The van der Waals surface area contributed by atoms with Gasteiger partial charge in [-0.1, -0.05) is 122 Å². The van der Waals surface area contributed by atoms with Crippen LogP contribution in [-0.2, 0) is 36.8 Å². The molecule has 0 saturated carbocycles. The zero-order chi connectivity index (χ0) is 38.4. The van der Waals surface area contributed by atoms with Gasteiger partial charge in [-0.15, -0.1) is 4.67 Å². The van der Waals surface area contributed by atoms with Crippen LogP contribution in [0.3, 0.4) is 0 Å². The molecule has 1 saturated heterocycles. The lowest BCUT2D eigenvalue weighted by Crippen LogP contribution is -2.32. The molecule has 1 aliphatic heterocycles. The largest absolute Gasteiger partial charge is 0.508 e. The van der Waals surface area contributed by atoms with Crippen LogP contribution in [-0.4, -0.2) is 57.0 Å². The highest BCUT2D eigenvalue weighted by atomic mass is 35.5. The van der Waals surface area contributed by atoms with Crippen LogP contribution in [0.1, 0.15) is 149 Å². The molecule has 2 N–H and O–H groups in total. The quantitative estimate of drug-likeness (QED) is 0.0316.